The molecule has 2 N–H and O–H groups in total. The van der Waals surface area contributed by atoms with Gasteiger partial charge in [0.15, 0.2) is 0 Å². The highest BCUT2D eigenvalue weighted by Gasteiger charge is 2.10. The van der Waals surface area contributed by atoms with Gasteiger partial charge in [-0.15, -0.1) is 0 Å². The molecule has 0 aliphatic carbocycles. The van der Waals surface area contributed by atoms with Crippen molar-refractivity contribution in [3.05, 3.63) is 65.7 Å². The Bertz CT molecular complexity index is 597. The number of carbonyl (C=O) groups is 2. The second kappa shape index (κ2) is 6.77. The van der Waals surface area contributed by atoms with Crippen molar-refractivity contribution in [1.82, 2.24) is 5.32 Å². The van der Waals surface area contributed by atoms with E-state index >= 15 is 0 Å². The van der Waals surface area contributed by atoms with Gasteiger partial charge in [0, 0.05) is 23.2 Å². The molecule has 0 bridgehead atoms. The molecule has 20 heavy (non-hydrogen) atoms. The summed E-state index contributed by atoms with van der Waals surface area (Å²) in [5.74, 6) is -0.409. The van der Waals surface area contributed by atoms with E-state index in [1.165, 1.54) is 0 Å². The maximum atomic E-state index is 11.7. The van der Waals surface area contributed by atoms with Gasteiger partial charge < -0.3 is 4.72 Å². The first kappa shape index (κ1) is 14.1. The molecule has 0 unspecified atom stereocenters. The van der Waals surface area contributed by atoms with Crippen LogP contribution < -0.4 is 10.0 Å². The van der Waals surface area contributed by atoms with Gasteiger partial charge in [-0.25, -0.2) is 0 Å². The number of carbonyl (C=O) groups excluding carboxylic acids is 2. The van der Waals surface area contributed by atoms with Crippen molar-refractivity contribution in [2.75, 3.05) is 4.72 Å². The van der Waals surface area contributed by atoms with Crippen molar-refractivity contribution in [3.8, 4) is 0 Å². The third-order valence-corrected chi connectivity index (χ3v) is 3.19. The molecule has 102 valence electrons. The first-order valence-corrected chi connectivity index (χ1v) is 6.87. The lowest BCUT2D eigenvalue weighted by molar-refractivity contribution is 0.0969. The van der Waals surface area contributed by atoms with Gasteiger partial charge in [0.25, 0.3) is 5.91 Å². The molecule has 0 radical (unpaired) electrons. The third-order valence-electron chi connectivity index (χ3n) is 2.56. The molecule has 0 aromatic heterocycles. The Morgan fingerprint density at radius 2 is 1.60 bits per heavy atom. The lowest BCUT2D eigenvalue weighted by Crippen LogP contribution is -2.27. The highest BCUT2D eigenvalue weighted by atomic mass is 32.2. The number of hydrogen-bond acceptors (Lipinski definition) is 4. The molecule has 0 spiro atoms. The second-order valence-electron chi connectivity index (χ2n) is 4.18. The van der Waals surface area contributed by atoms with E-state index in [4.69, 9.17) is 0 Å². The molecule has 0 saturated carbocycles. The molecular formula is C15H14N2O2S. The normalized spacial score (nSPS) is 9.85. The molecule has 0 atom stereocenters. The monoisotopic (exact) mass is 286 g/mol. The summed E-state index contributed by atoms with van der Waals surface area (Å²) in [6, 6.07) is 16.2. The smallest absolute Gasteiger partial charge is 0.306 e. The fourth-order valence-electron chi connectivity index (χ4n) is 1.51. The van der Waals surface area contributed by atoms with Crippen LogP contribution in [0.4, 0.5) is 10.5 Å². The molecule has 2 rings (SSSR count). The Morgan fingerprint density at radius 3 is 2.25 bits per heavy atom. The van der Waals surface area contributed by atoms with Gasteiger partial charge >= 0.3 is 5.24 Å². The highest BCUT2D eigenvalue weighted by molar-refractivity contribution is 8.14. The predicted molar refractivity (Wildman–Crippen MR) is 81.7 cm³/mol. The number of rotatable bonds is 3. The van der Waals surface area contributed by atoms with Crippen LogP contribution in [0.15, 0.2) is 54.6 Å². The fourth-order valence-corrected chi connectivity index (χ4v) is 2.00. The van der Waals surface area contributed by atoms with Gasteiger partial charge in [-0.3, -0.25) is 14.9 Å². The molecule has 4 nitrogen and oxygen atoms in total. The molecular weight excluding hydrogens is 272 g/mol. The number of anilines is 1. The summed E-state index contributed by atoms with van der Waals surface area (Å²) in [6.07, 6.45) is 0. The summed E-state index contributed by atoms with van der Waals surface area (Å²) >= 11 is 0.838. The number of hydrogen-bond donors (Lipinski definition) is 2. The highest BCUT2D eigenvalue weighted by Crippen LogP contribution is 2.14. The standard InChI is InChI=1S/C15H14N2O2S/c1-11-7-9-13(10-8-11)17-20-15(19)16-14(18)12-5-3-2-4-6-12/h2-10,17H,1H3,(H,16,18,19). The zero-order valence-corrected chi connectivity index (χ0v) is 11.7. The molecule has 0 heterocycles. The minimum atomic E-state index is -0.445. The first-order valence-electron chi connectivity index (χ1n) is 6.05. The van der Waals surface area contributed by atoms with Crippen molar-refractivity contribution in [3.63, 3.8) is 0 Å². The van der Waals surface area contributed by atoms with Crippen LogP contribution in [0.3, 0.4) is 0 Å². The molecule has 0 saturated heterocycles. The molecule has 0 fully saturated rings. The van der Waals surface area contributed by atoms with Crippen molar-refractivity contribution < 1.29 is 9.59 Å². The summed E-state index contributed by atoms with van der Waals surface area (Å²) in [7, 11) is 0. The number of imide groups is 1. The maximum absolute atomic E-state index is 11.7. The van der Waals surface area contributed by atoms with E-state index in [1.807, 2.05) is 37.3 Å². The molecule has 2 aromatic carbocycles. The van der Waals surface area contributed by atoms with Gasteiger partial charge in [0.05, 0.1) is 0 Å². The first-order chi connectivity index (χ1) is 9.65. The van der Waals surface area contributed by atoms with Gasteiger partial charge in [0.2, 0.25) is 0 Å². The summed E-state index contributed by atoms with van der Waals surface area (Å²) in [5.41, 5.74) is 2.41. The summed E-state index contributed by atoms with van der Waals surface area (Å²) in [6.45, 7) is 1.99. The molecule has 2 aromatic rings. The number of aryl methyl sites for hydroxylation is 1. The number of amides is 2. The van der Waals surface area contributed by atoms with Crippen LogP contribution in [-0.2, 0) is 0 Å². The maximum Gasteiger partial charge on any atom is 0.306 e. The number of nitrogens with one attached hydrogen (secondary N) is 2. The zero-order valence-electron chi connectivity index (χ0n) is 10.9. The van der Waals surface area contributed by atoms with Gasteiger partial charge in [-0.1, -0.05) is 35.9 Å². The van der Waals surface area contributed by atoms with Crippen LogP contribution in [-0.4, -0.2) is 11.1 Å². The summed E-state index contributed by atoms with van der Waals surface area (Å²) < 4.78 is 2.88. The van der Waals surface area contributed by atoms with Crippen LogP contribution >= 0.6 is 11.9 Å². The summed E-state index contributed by atoms with van der Waals surface area (Å²) in [4.78, 5) is 23.4. The minimum Gasteiger partial charge on any atom is -0.322 e. The Labute approximate surface area is 121 Å². The van der Waals surface area contributed by atoms with E-state index < -0.39 is 11.1 Å². The van der Waals surface area contributed by atoms with E-state index in [9.17, 15) is 9.59 Å². The van der Waals surface area contributed by atoms with Gasteiger partial charge in [0.1, 0.15) is 0 Å². The Hall–Kier alpha value is -2.27. The van der Waals surface area contributed by atoms with Crippen LogP contribution in [0.25, 0.3) is 0 Å². The van der Waals surface area contributed by atoms with Crippen molar-refractivity contribution >= 4 is 28.8 Å². The fraction of sp³-hybridized carbons (Fsp3) is 0.0667. The Kier molecular flexibility index (Phi) is 4.79. The third kappa shape index (κ3) is 4.13. The molecule has 0 aliphatic heterocycles. The van der Waals surface area contributed by atoms with Crippen molar-refractivity contribution in [1.29, 1.82) is 0 Å². The van der Waals surface area contributed by atoms with E-state index in [2.05, 4.69) is 10.0 Å². The summed E-state index contributed by atoms with van der Waals surface area (Å²) in [5, 5.41) is 1.86. The van der Waals surface area contributed by atoms with Crippen LogP contribution in [0.2, 0.25) is 0 Å². The second-order valence-corrected chi connectivity index (χ2v) is 4.96. The Morgan fingerprint density at radius 1 is 0.950 bits per heavy atom. The average molecular weight is 286 g/mol. The quantitative estimate of drug-likeness (QED) is 0.846. The lowest BCUT2D eigenvalue weighted by Gasteiger charge is -2.06. The van der Waals surface area contributed by atoms with E-state index in [0.29, 0.717) is 5.56 Å². The average Bonchev–Trinajstić information content (AvgIpc) is 2.47. The van der Waals surface area contributed by atoms with Crippen LogP contribution in [0.5, 0.6) is 0 Å². The molecule has 5 heteroatoms. The molecule has 0 aliphatic rings. The predicted octanol–water partition coefficient (Wildman–Crippen LogP) is 3.61. The van der Waals surface area contributed by atoms with E-state index in [-0.39, 0.29) is 0 Å². The Balaban J connectivity index is 1.84. The SMILES string of the molecule is Cc1ccc(NSC(=O)NC(=O)c2ccccc2)cc1. The topological polar surface area (TPSA) is 58.2 Å². The zero-order chi connectivity index (χ0) is 14.4. The number of benzene rings is 2. The lowest BCUT2D eigenvalue weighted by atomic mass is 10.2. The largest absolute Gasteiger partial charge is 0.322 e. The van der Waals surface area contributed by atoms with Crippen molar-refractivity contribution in [2.24, 2.45) is 0 Å². The van der Waals surface area contributed by atoms with Gasteiger partial charge in [-0.05, 0) is 31.2 Å². The van der Waals surface area contributed by atoms with Crippen molar-refractivity contribution in [2.45, 2.75) is 6.92 Å². The molecule has 2 amide bonds. The minimum absolute atomic E-state index is 0.409. The van der Waals surface area contributed by atoms with E-state index in [1.54, 1.807) is 24.3 Å². The van der Waals surface area contributed by atoms with Crippen LogP contribution in [0.1, 0.15) is 15.9 Å². The van der Waals surface area contributed by atoms with Crippen LogP contribution in [0, 0.1) is 6.92 Å². The van der Waals surface area contributed by atoms with E-state index in [0.717, 1.165) is 23.2 Å². The van der Waals surface area contributed by atoms with Gasteiger partial charge in [-0.2, -0.15) is 0 Å².